The summed E-state index contributed by atoms with van der Waals surface area (Å²) in [6.07, 6.45) is 0.646. The highest BCUT2D eigenvalue weighted by atomic mass is 32.2. The summed E-state index contributed by atoms with van der Waals surface area (Å²) in [4.78, 5) is 30.5. The number of hydrogen-bond donors (Lipinski definition) is 2. The van der Waals surface area contributed by atoms with E-state index >= 15 is 0 Å². The van der Waals surface area contributed by atoms with E-state index in [9.17, 15) is 14.0 Å². The van der Waals surface area contributed by atoms with E-state index in [-0.39, 0.29) is 17.3 Å². The Morgan fingerprint density at radius 2 is 2.09 bits per heavy atom. The van der Waals surface area contributed by atoms with Gasteiger partial charge in [-0.2, -0.15) is 0 Å². The van der Waals surface area contributed by atoms with Crippen molar-refractivity contribution in [1.29, 1.82) is 0 Å². The number of amides is 1. The number of benzene rings is 1. The van der Waals surface area contributed by atoms with Gasteiger partial charge in [0.25, 0.3) is 5.56 Å². The molecule has 1 aromatic carbocycles. The van der Waals surface area contributed by atoms with E-state index < -0.39 is 5.25 Å². The third-order valence-electron chi connectivity index (χ3n) is 2.90. The molecule has 0 aliphatic rings. The molecule has 2 rings (SSSR count). The Morgan fingerprint density at radius 3 is 2.73 bits per heavy atom. The molecule has 1 heterocycles. The van der Waals surface area contributed by atoms with Gasteiger partial charge in [-0.3, -0.25) is 9.59 Å². The van der Waals surface area contributed by atoms with E-state index in [1.165, 1.54) is 30.3 Å². The normalized spacial score (nSPS) is 12.0. The van der Waals surface area contributed by atoms with Crippen molar-refractivity contribution in [2.75, 3.05) is 5.32 Å². The molecule has 22 heavy (non-hydrogen) atoms. The third kappa shape index (κ3) is 4.42. The lowest BCUT2D eigenvalue weighted by Crippen LogP contribution is -2.23. The third-order valence-corrected chi connectivity index (χ3v) is 3.89. The second-order valence-corrected chi connectivity index (χ2v) is 5.98. The number of rotatable bonds is 5. The van der Waals surface area contributed by atoms with E-state index in [0.717, 1.165) is 11.8 Å². The first-order valence-electron chi connectivity index (χ1n) is 6.81. The number of nitrogens with one attached hydrogen (secondary N) is 2. The van der Waals surface area contributed by atoms with Crippen LogP contribution in [-0.2, 0) is 11.2 Å². The van der Waals surface area contributed by atoms with Crippen molar-refractivity contribution in [3.05, 3.63) is 52.2 Å². The molecule has 1 atom stereocenters. The number of thioether (sulfide) groups is 1. The number of aryl methyl sites for hydroxylation is 1. The van der Waals surface area contributed by atoms with Gasteiger partial charge in [0.2, 0.25) is 5.91 Å². The predicted molar refractivity (Wildman–Crippen MR) is 84.6 cm³/mol. The Balaban J connectivity index is 2.03. The summed E-state index contributed by atoms with van der Waals surface area (Å²) in [6.45, 7) is 3.61. The molecule has 0 aliphatic carbocycles. The minimum absolute atomic E-state index is 0.236. The molecule has 116 valence electrons. The number of carbonyl (C=O) groups excluding carboxylic acids is 1. The van der Waals surface area contributed by atoms with Gasteiger partial charge in [-0.15, -0.1) is 0 Å². The van der Waals surface area contributed by atoms with Crippen LogP contribution in [0.3, 0.4) is 0 Å². The fourth-order valence-corrected chi connectivity index (χ4v) is 2.55. The highest BCUT2D eigenvalue weighted by molar-refractivity contribution is 8.00. The van der Waals surface area contributed by atoms with E-state index in [0.29, 0.717) is 23.0 Å². The molecule has 0 spiro atoms. The Hall–Kier alpha value is -2.15. The summed E-state index contributed by atoms with van der Waals surface area (Å²) in [7, 11) is 0. The fourth-order valence-electron chi connectivity index (χ4n) is 1.72. The number of anilines is 1. The van der Waals surface area contributed by atoms with Crippen LogP contribution in [0.25, 0.3) is 0 Å². The van der Waals surface area contributed by atoms with E-state index in [2.05, 4.69) is 15.3 Å². The minimum Gasteiger partial charge on any atom is -0.325 e. The van der Waals surface area contributed by atoms with E-state index in [1.54, 1.807) is 6.92 Å². The Morgan fingerprint density at radius 1 is 1.41 bits per heavy atom. The molecule has 1 unspecified atom stereocenters. The standard InChI is InChI=1S/C15H16FN3O2S/c1-3-11-8-13(20)19-15(18-11)22-9(2)14(21)17-12-6-4-10(16)5-7-12/h4-9H,3H2,1-2H3,(H,17,21)(H,18,19,20). The van der Waals surface area contributed by atoms with Crippen molar-refractivity contribution in [1.82, 2.24) is 9.97 Å². The van der Waals surface area contributed by atoms with Crippen LogP contribution >= 0.6 is 11.8 Å². The van der Waals surface area contributed by atoms with Crippen molar-refractivity contribution in [2.45, 2.75) is 30.7 Å². The average Bonchev–Trinajstić information content (AvgIpc) is 2.48. The summed E-state index contributed by atoms with van der Waals surface area (Å²) in [5.41, 5.74) is 0.959. The second-order valence-electron chi connectivity index (χ2n) is 4.65. The Kier molecular flexibility index (Phi) is 5.32. The van der Waals surface area contributed by atoms with Gasteiger partial charge in [0.1, 0.15) is 5.82 Å². The molecule has 1 amide bonds. The summed E-state index contributed by atoms with van der Waals surface area (Å²) in [5.74, 6) is -0.611. The monoisotopic (exact) mass is 321 g/mol. The molecule has 2 aromatic rings. The Bertz CT molecular complexity index is 715. The maximum Gasteiger partial charge on any atom is 0.251 e. The summed E-state index contributed by atoms with van der Waals surface area (Å²) in [6, 6.07) is 6.96. The molecule has 0 aliphatic heterocycles. The smallest absolute Gasteiger partial charge is 0.251 e. The van der Waals surface area contributed by atoms with Crippen LogP contribution in [0.15, 0.2) is 40.3 Å². The van der Waals surface area contributed by atoms with Crippen LogP contribution in [0.1, 0.15) is 19.5 Å². The van der Waals surface area contributed by atoms with Crippen LogP contribution in [0.5, 0.6) is 0 Å². The van der Waals surface area contributed by atoms with Gasteiger partial charge in [-0.05, 0) is 37.6 Å². The van der Waals surface area contributed by atoms with Crippen LogP contribution in [-0.4, -0.2) is 21.1 Å². The van der Waals surface area contributed by atoms with Gasteiger partial charge in [0.05, 0.1) is 5.25 Å². The number of halogens is 1. The van der Waals surface area contributed by atoms with Gasteiger partial charge >= 0.3 is 0 Å². The SMILES string of the molecule is CCc1cc(=O)[nH]c(SC(C)C(=O)Nc2ccc(F)cc2)n1. The number of hydrogen-bond acceptors (Lipinski definition) is 4. The topological polar surface area (TPSA) is 74.8 Å². The van der Waals surface area contributed by atoms with Crippen molar-refractivity contribution in [3.63, 3.8) is 0 Å². The van der Waals surface area contributed by atoms with Crippen LogP contribution in [0.2, 0.25) is 0 Å². The fraction of sp³-hybridized carbons (Fsp3) is 0.267. The van der Waals surface area contributed by atoms with Gasteiger partial charge in [0.15, 0.2) is 5.16 Å². The molecule has 0 saturated carbocycles. The summed E-state index contributed by atoms with van der Waals surface area (Å²) in [5, 5.41) is 2.64. The molecule has 7 heteroatoms. The molecule has 0 radical (unpaired) electrons. The quantitative estimate of drug-likeness (QED) is 0.656. The number of H-pyrrole nitrogens is 1. The molecule has 0 bridgehead atoms. The van der Waals surface area contributed by atoms with Gasteiger partial charge in [-0.25, -0.2) is 9.37 Å². The van der Waals surface area contributed by atoms with Crippen molar-refractivity contribution in [3.8, 4) is 0 Å². The number of carbonyl (C=O) groups is 1. The molecular weight excluding hydrogens is 305 g/mol. The highest BCUT2D eigenvalue weighted by Gasteiger charge is 2.16. The first kappa shape index (κ1) is 16.2. The number of aromatic nitrogens is 2. The summed E-state index contributed by atoms with van der Waals surface area (Å²) >= 11 is 1.16. The molecule has 2 N–H and O–H groups in total. The van der Waals surface area contributed by atoms with Gasteiger partial charge in [0, 0.05) is 17.4 Å². The lowest BCUT2D eigenvalue weighted by atomic mass is 10.3. The van der Waals surface area contributed by atoms with Crippen LogP contribution in [0.4, 0.5) is 10.1 Å². The van der Waals surface area contributed by atoms with E-state index in [4.69, 9.17) is 0 Å². The highest BCUT2D eigenvalue weighted by Crippen LogP contribution is 2.20. The van der Waals surface area contributed by atoms with Crippen molar-refractivity contribution in [2.24, 2.45) is 0 Å². The van der Waals surface area contributed by atoms with Gasteiger partial charge in [-0.1, -0.05) is 18.7 Å². The van der Waals surface area contributed by atoms with Crippen molar-refractivity contribution >= 4 is 23.4 Å². The molecule has 1 aromatic heterocycles. The first-order valence-corrected chi connectivity index (χ1v) is 7.69. The Labute approximate surface area is 131 Å². The maximum absolute atomic E-state index is 12.8. The lowest BCUT2D eigenvalue weighted by molar-refractivity contribution is -0.115. The van der Waals surface area contributed by atoms with Crippen LogP contribution in [0, 0.1) is 5.82 Å². The molecule has 0 saturated heterocycles. The van der Waals surface area contributed by atoms with E-state index in [1.807, 2.05) is 6.92 Å². The molecule has 0 fully saturated rings. The number of nitrogens with zero attached hydrogens (tertiary/aromatic N) is 1. The predicted octanol–water partition coefficient (Wildman–Crippen LogP) is 2.59. The largest absolute Gasteiger partial charge is 0.325 e. The van der Waals surface area contributed by atoms with Gasteiger partial charge < -0.3 is 10.3 Å². The zero-order valence-corrected chi connectivity index (χ0v) is 13.0. The lowest BCUT2D eigenvalue weighted by Gasteiger charge is -2.11. The zero-order valence-electron chi connectivity index (χ0n) is 12.2. The van der Waals surface area contributed by atoms with Crippen molar-refractivity contribution < 1.29 is 9.18 Å². The molecule has 5 nitrogen and oxygen atoms in total. The van der Waals surface area contributed by atoms with Crippen LogP contribution < -0.4 is 10.9 Å². The number of aromatic amines is 1. The molecular formula is C15H16FN3O2S. The first-order chi connectivity index (χ1) is 10.5. The maximum atomic E-state index is 12.8. The second kappa shape index (κ2) is 7.22. The summed E-state index contributed by atoms with van der Waals surface area (Å²) < 4.78 is 12.8. The average molecular weight is 321 g/mol. The minimum atomic E-state index is -0.458. The zero-order chi connectivity index (χ0) is 16.1.